The topological polar surface area (TPSA) is 69.9 Å². The third-order valence-electron chi connectivity index (χ3n) is 3.95. The quantitative estimate of drug-likeness (QED) is 0.540. The van der Waals surface area contributed by atoms with Crippen molar-refractivity contribution in [2.75, 3.05) is 0 Å². The molecule has 0 aliphatic rings. The van der Waals surface area contributed by atoms with Crippen molar-refractivity contribution in [3.05, 3.63) is 43.9 Å². The zero-order chi connectivity index (χ0) is 19.0. The van der Waals surface area contributed by atoms with E-state index < -0.39 is 0 Å². The molecule has 3 N–H and O–H groups in total. The van der Waals surface area contributed by atoms with Crippen LogP contribution in [-0.4, -0.2) is 15.3 Å². The molecule has 7 heteroatoms. The zero-order valence-electron chi connectivity index (χ0n) is 14.0. The molecule has 0 radical (unpaired) electrons. The van der Waals surface area contributed by atoms with E-state index in [-0.39, 0.29) is 49.4 Å². The van der Waals surface area contributed by atoms with Gasteiger partial charge in [0.15, 0.2) is 17.2 Å². The highest BCUT2D eigenvalue weighted by molar-refractivity contribution is 6.38. The van der Waals surface area contributed by atoms with Crippen LogP contribution in [0.15, 0.2) is 12.1 Å². The summed E-state index contributed by atoms with van der Waals surface area (Å²) in [6, 6.07) is 1.54. The van der Waals surface area contributed by atoms with Gasteiger partial charge in [0.25, 0.3) is 0 Å². The van der Waals surface area contributed by atoms with Crippen LogP contribution in [0.5, 0.6) is 28.7 Å². The highest BCUT2D eigenvalue weighted by Crippen LogP contribution is 2.51. The summed E-state index contributed by atoms with van der Waals surface area (Å²) in [6.07, 6.45) is 1.76. The minimum absolute atomic E-state index is 0.0268. The molecule has 25 heavy (non-hydrogen) atoms. The standard InChI is InChI=1S/C18H17Cl3O4/c1-5-7(2)11-14(21)15(22)9(4)16(23)18(11)25-10-6-8(3)12(19)17(24)13(10)20/h5-6,22-24H,1-4H3/b7-5+. The Morgan fingerprint density at radius 2 is 1.56 bits per heavy atom. The van der Waals surface area contributed by atoms with E-state index >= 15 is 0 Å². The van der Waals surface area contributed by atoms with Crippen molar-refractivity contribution in [1.29, 1.82) is 0 Å². The Morgan fingerprint density at radius 3 is 2.12 bits per heavy atom. The van der Waals surface area contributed by atoms with Crippen molar-refractivity contribution in [3.63, 3.8) is 0 Å². The van der Waals surface area contributed by atoms with Crippen molar-refractivity contribution in [3.8, 4) is 28.7 Å². The highest BCUT2D eigenvalue weighted by atomic mass is 35.5. The molecule has 0 spiro atoms. The number of aryl methyl sites for hydroxylation is 1. The van der Waals surface area contributed by atoms with Crippen LogP contribution in [0.4, 0.5) is 0 Å². The van der Waals surface area contributed by atoms with E-state index in [1.165, 1.54) is 13.0 Å². The van der Waals surface area contributed by atoms with Gasteiger partial charge in [-0.2, -0.15) is 0 Å². The lowest BCUT2D eigenvalue weighted by Gasteiger charge is -2.19. The van der Waals surface area contributed by atoms with Crippen molar-refractivity contribution >= 4 is 40.4 Å². The molecule has 0 unspecified atom stereocenters. The average Bonchev–Trinajstić information content (AvgIpc) is 2.59. The van der Waals surface area contributed by atoms with Gasteiger partial charge in [-0.25, -0.2) is 0 Å². The first-order valence-electron chi connectivity index (χ1n) is 7.34. The van der Waals surface area contributed by atoms with E-state index in [1.807, 2.05) is 0 Å². The molecular formula is C18H17Cl3O4. The predicted molar refractivity (Wildman–Crippen MR) is 102 cm³/mol. The molecule has 0 fully saturated rings. The first-order valence-corrected chi connectivity index (χ1v) is 8.47. The Hall–Kier alpha value is -1.75. The van der Waals surface area contributed by atoms with Gasteiger partial charge in [0.2, 0.25) is 0 Å². The predicted octanol–water partition coefficient (Wildman–Crippen LogP) is 6.60. The van der Waals surface area contributed by atoms with Crippen molar-refractivity contribution < 1.29 is 20.1 Å². The number of benzene rings is 2. The SMILES string of the molecule is C/C=C(\C)c1c(Cl)c(O)c(C)c(O)c1Oc1cc(C)c(Cl)c(O)c1Cl. The van der Waals surface area contributed by atoms with Crippen LogP contribution < -0.4 is 4.74 Å². The number of phenolic OH excluding ortho intramolecular Hbond substituents is 3. The van der Waals surface area contributed by atoms with Crippen LogP contribution >= 0.6 is 34.8 Å². The summed E-state index contributed by atoms with van der Waals surface area (Å²) < 4.78 is 5.79. The second-order valence-corrected chi connectivity index (χ2v) is 6.72. The van der Waals surface area contributed by atoms with Gasteiger partial charge in [-0.15, -0.1) is 0 Å². The molecule has 0 atom stereocenters. The maximum atomic E-state index is 10.5. The third kappa shape index (κ3) is 3.34. The highest BCUT2D eigenvalue weighted by Gasteiger charge is 2.25. The largest absolute Gasteiger partial charge is 0.506 e. The first-order chi connectivity index (χ1) is 11.6. The lowest BCUT2D eigenvalue weighted by molar-refractivity contribution is 0.395. The lowest BCUT2D eigenvalue weighted by atomic mass is 10.0. The third-order valence-corrected chi connectivity index (χ3v) is 5.16. The average molecular weight is 404 g/mol. The number of allylic oxidation sites excluding steroid dienone is 2. The molecule has 0 aliphatic carbocycles. The van der Waals surface area contributed by atoms with E-state index in [9.17, 15) is 15.3 Å². The number of phenols is 3. The Balaban J connectivity index is 2.77. The monoisotopic (exact) mass is 402 g/mol. The molecule has 0 bridgehead atoms. The minimum atomic E-state index is -0.316. The number of hydrogen-bond acceptors (Lipinski definition) is 4. The second kappa shape index (κ2) is 7.24. The van der Waals surface area contributed by atoms with Gasteiger partial charge in [0, 0.05) is 11.1 Å². The van der Waals surface area contributed by atoms with Crippen LogP contribution in [0.1, 0.15) is 30.5 Å². The minimum Gasteiger partial charge on any atom is -0.506 e. The summed E-state index contributed by atoms with van der Waals surface area (Å²) in [5.41, 5.74) is 1.71. The Bertz CT molecular complexity index is 889. The zero-order valence-corrected chi connectivity index (χ0v) is 16.3. The summed E-state index contributed by atoms with van der Waals surface area (Å²) in [5, 5.41) is 30.7. The molecule has 0 amide bonds. The Labute approximate surface area is 160 Å². The summed E-state index contributed by atoms with van der Waals surface area (Å²) in [5.74, 6) is -0.699. The van der Waals surface area contributed by atoms with Gasteiger partial charge in [0.1, 0.15) is 16.5 Å². The molecule has 4 nitrogen and oxygen atoms in total. The molecule has 0 aromatic heterocycles. The Morgan fingerprint density at radius 1 is 0.960 bits per heavy atom. The summed E-state index contributed by atoms with van der Waals surface area (Å²) in [6.45, 7) is 6.73. The molecule has 134 valence electrons. The number of halogens is 3. The molecule has 2 aromatic rings. The van der Waals surface area contributed by atoms with Gasteiger partial charge in [-0.05, 0) is 44.9 Å². The number of aromatic hydroxyl groups is 3. The van der Waals surface area contributed by atoms with Gasteiger partial charge >= 0.3 is 0 Å². The van der Waals surface area contributed by atoms with Crippen LogP contribution in [0.3, 0.4) is 0 Å². The van der Waals surface area contributed by atoms with E-state index in [4.69, 9.17) is 39.5 Å². The van der Waals surface area contributed by atoms with E-state index in [0.717, 1.165) is 0 Å². The summed E-state index contributed by atoms with van der Waals surface area (Å²) in [4.78, 5) is 0. The fourth-order valence-corrected chi connectivity index (χ4v) is 3.05. The molecular weight excluding hydrogens is 387 g/mol. The molecule has 0 saturated heterocycles. The molecule has 0 heterocycles. The van der Waals surface area contributed by atoms with E-state index in [2.05, 4.69) is 0 Å². The maximum Gasteiger partial charge on any atom is 0.178 e. The number of hydrogen-bond donors (Lipinski definition) is 3. The van der Waals surface area contributed by atoms with Crippen molar-refractivity contribution in [2.24, 2.45) is 0 Å². The fraction of sp³-hybridized carbons (Fsp3) is 0.222. The molecule has 2 rings (SSSR count). The summed E-state index contributed by atoms with van der Waals surface area (Å²) >= 11 is 18.3. The van der Waals surface area contributed by atoms with E-state index in [1.54, 1.807) is 26.8 Å². The van der Waals surface area contributed by atoms with Crippen LogP contribution in [-0.2, 0) is 0 Å². The normalized spacial score (nSPS) is 11.7. The number of rotatable bonds is 3. The lowest BCUT2D eigenvalue weighted by Crippen LogP contribution is -1.96. The van der Waals surface area contributed by atoms with Gasteiger partial charge in [0.05, 0.1) is 10.0 Å². The molecule has 0 saturated carbocycles. The fourth-order valence-electron chi connectivity index (χ4n) is 2.29. The van der Waals surface area contributed by atoms with Crippen molar-refractivity contribution in [2.45, 2.75) is 27.7 Å². The van der Waals surface area contributed by atoms with Crippen molar-refractivity contribution in [1.82, 2.24) is 0 Å². The molecule has 0 aliphatic heterocycles. The maximum absolute atomic E-state index is 10.5. The van der Waals surface area contributed by atoms with E-state index in [0.29, 0.717) is 16.7 Å². The molecule has 2 aromatic carbocycles. The van der Waals surface area contributed by atoms with Crippen LogP contribution in [0.2, 0.25) is 15.1 Å². The van der Waals surface area contributed by atoms with Crippen LogP contribution in [0.25, 0.3) is 5.57 Å². The smallest absolute Gasteiger partial charge is 0.178 e. The van der Waals surface area contributed by atoms with Crippen LogP contribution in [0, 0.1) is 13.8 Å². The van der Waals surface area contributed by atoms with Gasteiger partial charge in [-0.3, -0.25) is 0 Å². The van der Waals surface area contributed by atoms with Gasteiger partial charge in [-0.1, -0.05) is 40.9 Å². The summed E-state index contributed by atoms with van der Waals surface area (Å²) in [7, 11) is 0. The Kier molecular flexibility index (Phi) is 5.67. The number of ether oxygens (including phenoxy) is 1. The second-order valence-electron chi connectivity index (χ2n) is 5.58. The van der Waals surface area contributed by atoms with Gasteiger partial charge < -0.3 is 20.1 Å². The first kappa shape index (κ1) is 19.6.